The van der Waals surface area contributed by atoms with Gasteiger partial charge in [0.15, 0.2) is 0 Å². The number of unbranched alkanes of at least 4 members (excludes halogenated alkanes) is 1. The van der Waals surface area contributed by atoms with E-state index < -0.39 is 11.7 Å². The minimum absolute atomic E-state index is 0.00747. The topological polar surface area (TPSA) is 58.6 Å². The van der Waals surface area contributed by atoms with Crippen molar-refractivity contribution in [3.63, 3.8) is 0 Å². The summed E-state index contributed by atoms with van der Waals surface area (Å²) in [5, 5.41) is 2.48. The molecule has 0 atom stereocenters. The first-order chi connectivity index (χ1) is 8.30. The molecule has 0 aliphatic carbocycles. The summed E-state index contributed by atoms with van der Waals surface area (Å²) >= 11 is 0. The highest BCUT2D eigenvalue weighted by molar-refractivity contribution is 5.82. The zero-order chi connectivity index (χ0) is 14.2. The molecule has 0 fully saturated rings. The fraction of sp³-hybridized carbons (Fsp3) is 0.846. The zero-order valence-electron chi connectivity index (χ0n) is 12.2. The van der Waals surface area contributed by atoms with Crippen LogP contribution in [0.25, 0.3) is 0 Å². The predicted octanol–water partition coefficient (Wildman–Crippen LogP) is 2.16. The van der Waals surface area contributed by atoms with E-state index >= 15 is 0 Å². The van der Waals surface area contributed by atoms with Crippen LogP contribution in [0.15, 0.2) is 0 Å². The van der Waals surface area contributed by atoms with Gasteiger partial charge in [0, 0.05) is 13.1 Å². The summed E-state index contributed by atoms with van der Waals surface area (Å²) in [7, 11) is 0. The van der Waals surface area contributed by atoms with E-state index in [0.717, 1.165) is 19.4 Å². The second-order valence-corrected chi connectivity index (χ2v) is 5.18. The van der Waals surface area contributed by atoms with Gasteiger partial charge in [-0.15, -0.1) is 0 Å². The van der Waals surface area contributed by atoms with Crippen molar-refractivity contribution >= 4 is 12.0 Å². The highest BCUT2D eigenvalue weighted by atomic mass is 16.6. The number of likely N-dealkylation sites (N-methyl/N-ethyl adjacent to an activating group) is 1. The summed E-state index contributed by atoms with van der Waals surface area (Å²) in [6.07, 6.45) is 1.47. The van der Waals surface area contributed by atoms with Gasteiger partial charge in [-0.1, -0.05) is 13.3 Å². The molecule has 5 nitrogen and oxygen atoms in total. The SMILES string of the molecule is CCCCN(CC)C(=O)CNC(=O)OC(C)(C)C. The predicted molar refractivity (Wildman–Crippen MR) is 71.4 cm³/mol. The van der Waals surface area contributed by atoms with Crippen molar-refractivity contribution in [2.24, 2.45) is 0 Å². The van der Waals surface area contributed by atoms with Crippen LogP contribution in [-0.4, -0.2) is 42.1 Å². The Balaban J connectivity index is 4.03. The minimum atomic E-state index is -0.553. The molecule has 0 aliphatic heterocycles. The molecule has 0 spiro atoms. The standard InChI is InChI=1S/C13H26N2O3/c1-6-8-9-15(7-2)11(16)10-14-12(17)18-13(3,4)5/h6-10H2,1-5H3,(H,14,17). The molecule has 18 heavy (non-hydrogen) atoms. The summed E-state index contributed by atoms with van der Waals surface area (Å²) in [6, 6.07) is 0. The second kappa shape index (κ2) is 7.95. The lowest BCUT2D eigenvalue weighted by Gasteiger charge is -2.22. The van der Waals surface area contributed by atoms with Gasteiger partial charge in [0.25, 0.3) is 0 Å². The van der Waals surface area contributed by atoms with E-state index in [2.05, 4.69) is 12.2 Å². The van der Waals surface area contributed by atoms with Crippen LogP contribution in [0, 0.1) is 0 Å². The molecule has 0 aliphatic rings. The Bertz CT molecular complexity index is 272. The first-order valence-corrected chi connectivity index (χ1v) is 6.54. The van der Waals surface area contributed by atoms with Crippen LogP contribution in [0.4, 0.5) is 4.79 Å². The molecule has 2 amide bonds. The smallest absolute Gasteiger partial charge is 0.408 e. The van der Waals surface area contributed by atoms with Crippen molar-refractivity contribution in [2.75, 3.05) is 19.6 Å². The Kier molecular flexibility index (Phi) is 7.39. The monoisotopic (exact) mass is 258 g/mol. The third-order valence-corrected chi connectivity index (χ3v) is 2.30. The number of nitrogens with zero attached hydrogens (tertiary/aromatic N) is 1. The molecule has 0 rings (SSSR count). The molecule has 0 aromatic rings. The van der Waals surface area contributed by atoms with Crippen molar-refractivity contribution in [1.82, 2.24) is 10.2 Å². The van der Waals surface area contributed by atoms with Crippen molar-refractivity contribution in [1.29, 1.82) is 0 Å². The zero-order valence-corrected chi connectivity index (χ0v) is 12.2. The number of alkyl carbamates (subject to hydrolysis) is 1. The maximum Gasteiger partial charge on any atom is 0.408 e. The first kappa shape index (κ1) is 16.7. The molecule has 0 aromatic heterocycles. The number of hydrogen-bond donors (Lipinski definition) is 1. The molecule has 1 N–H and O–H groups in total. The van der Waals surface area contributed by atoms with E-state index in [1.54, 1.807) is 25.7 Å². The Labute approximate surface area is 110 Å². The second-order valence-electron chi connectivity index (χ2n) is 5.18. The summed E-state index contributed by atoms with van der Waals surface area (Å²) in [5.74, 6) is -0.0724. The first-order valence-electron chi connectivity index (χ1n) is 6.54. The molecule has 0 radical (unpaired) electrons. The lowest BCUT2D eigenvalue weighted by molar-refractivity contribution is -0.130. The van der Waals surface area contributed by atoms with Crippen molar-refractivity contribution in [3.05, 3.63) is 0 Å². The minimum Gasteiger partial charge on any atom is -0.444 e. The van der Waals surface area contributed by atoms with Crippen LogP contribution < -0.4 is 5.32 Å². The lowest BCUT2D eigenvalue weighted by atomic mass is 10.2. The van der Waals surface area contributed by atoms with Crippen LogP contribution in [-0.2, 0) is 9.53 Å². The number of nitrogens with one attached hydrogen (secondary N) is 1. The number of carbonyl (C=O) groups is 2. The molecule has 0 bridgehead atoms. The molecule has 0 saturated carbocycles. The third-order valence-electron chi connectivity index (χ3n) is 2.30. The van der Waals surface area contributed by atoms with E-state index in [4.69, 9.17) is 4.74 Å². The maximum absolute atomic E-state index is 11.8. The normalized spacial score (nSPS) is 10.9. The van der Waals surface area contributed by atoms with Gasteiger partial charge in [0.1, 0.15) is 12.1 Å². The Morgan fingerprint density at radius 2 is 1.83 bits per heavy atom. The van der Waals surface area contributed by atoms with E-state index in [0.29, 0.717) is 6.54 Å². The maximum atomic E-state index is 11.8. The molecule has 5 heteroatoms. The van der Waals surface area contributed by atoms with E-state index in [9.17, 15) is 9.59 Å². The molecule has 0 aromatic carbocycles. The van der Waals surface area contributed by atoms with Gasteiger partial charge in [-0.05, 0) is 34.1 Å². The lowest BCUT2D eigenvalue weighted by Crippen LogP contribution is -2.42. The number of amides is 2. The van der Waals surface area contributed by atoms with E-state index in [-0.39, 0.29) is 12.5 Å². The van der Waals surface area contributed by atoms with Crippen LogP contribution in [0.3, 0.4) is 0 Å². The molecular formula is C13H26N2O3. The largest absolute Gasteiger partial charge is 0.444 e. The average Bonchev–Trinajstić information content (AvgIpc) is 2.25. The van der Waals surface area contributed by atoms with Crippen LogP contribution in [0.5, 0.6) is 0 Å². The summed E-state index contributed by atoms with van der Waals surface area (Å²) in [4.78, 5) is 24.9. The summed E-state index contributed by atoms with van der Waals surface area (Å²) < 4.78 is 5.06. The number of hydrogen-bond acceptors (Lipinski definition) is 3. The quantitative estimate of drug-likeness (QED) is 0.794. The van der Waals surface area contributed by atoms with Gasteiger partial charge in [-0.25, -0.2) is 4.79 Å². The van der Waals surface area contributed by atoms with Crippen molar-refractivity contribution in [2.45, 2.75) is 53.1 Å². The van der Waals surface area contributed by atoms with Gasteiger partial charge < -0.3 is 15.0 Å². The van der Waals surface area contributed by atoms with E-state index in [1.807, 2.05) is 6.92 Å². The van der Waals surface area contributed by atoms with E-state index in [1.165, 1.54) is 0 Å². The van der Waals surface area contributed by atoms with Crippen LogP contribution >= 0.6 is 0 Å². The van der Waals surface area contributed by atoms with Gasteiger partial charge >= 0.3 is 6.09 Å². The third kappa shape index (κ3) is 7.92. The average molecular weight is 258 g/mol. The van der Waals surface area contributed by atoms with Crippen molar-refractivity contribution < 1.29 is 14.3 Å². The van der Waals surface area contributed by atoms with Gasteiger partial charge in [0.2, 0.25) is 5.91 Å². The molecule has 0 heterocycles. The number of rotatable bonds is 6. The fourth-order valence-electron chi connectivity index (χ4n) is 1.38. The molecular weight excluding hydrogens is 232 g/mol. The van der Waals surface area contributed by atoms with Gasteiger partial charge in [-0.2, -0.15) is 0 Å². The number of ether oxygens (including phenoxy) is 1. The highest BCUT2D eigenvalue weighted by Gasteiger charge is 2.17. The Morgan fingerprint density at radius 1 is 1.22 bits per heavy atom. The van der Waals surface area contributed by atoms with Crippen molar-refractivity contribution in [3.8, 4) is 0 Å². The molecule has 0 saturated heterocycles. The Morgan fingerprint density at radius 3 is 2.28 bits per heavy atom. The Hall–Kier alpha value is -1.26. The molecule has 106 valence electrons. The summed E-state index contributed by atoms with van der Waals surface area (Å²) in [5.41, 5.74) is -0.542. The van der Waals surface area contributed by atoms with Crippen LogP contribution in [0.1, 0.15) is 47.5 Å². The number of carbonyl (C=O) groups excluding carboxylic acids is 2. The molecule has 0 unspecified atom stereocenters. The van der Waals surface area contributed by atoms with Gasteiger partial charge in [0.05, 0.1) is 0 Å². The van der Waals surface area contributed by atoms with Gasteiger partial charge in [-0.3, -0.25) is 4.79 Å². The fourth-order valence-corrected chi connectivity index (χ4v) is 1.38. The highest BCUT2D eigenvalue weighted by Crippen LogP contribution is 2.06. The summed E-state index contributed by atoms with van der Waals surface area (Å²) in [6.45, 7) is 10.8. The van der Waals surface area contributed by atoms with Crippen LogP contribution in [0.2, 0.25) is 0 Å².